The number of thioether (sulfide) groups is 1. The second-order valence-corrected chi connectivity index (χ2v) is 8.85. The quantitative estimate of drug-likeness (QED) is 0.841. The fourth-order valence-electron chi connectivity index (χ4n) is 3.92. The molecule has 0 spiro atoms. The van der Waals surface area contributed by atoms with Crippen molar-refractivity contribution in [2.75, 3.05) is 12.5 Å². The van der Waals surface area contributed by atoms with Crippen LogP contribution in [0.3, 0.4) is 0 Å². The Hall–Kier alpha value is -1.73. The lowest BCUT2D eigenvalue weighted by Crippen LogP contribution is -2.48. The molecular weight excluding hydrogens is 382 g/mol. The van der Waals surface area contributed by atoms with E-state index in [-0.39, 0.29) is 17.2 Å². The maximum atomic E-state index is 13.4. The molecule has 0 unspecified atom stereocenters. The number of carbonyl (C=O) groups excluding carboxylic acids is 1. The summed E-state index contributed by atoms with van der Waals surface area (Å²) in [6.45, 7) is 1.90. The summed E-state index contributed by atoms with van der Waals surface area (Å²) in [7, 11) is 1.95. The minimum atomic E-state index is -0.297. The normalized spacial score (nSPS) is 22.8. The van der Waals surface area contributed by atoms with Gasteiger partial charge in [-0.25, -0.2) is 4.68 Å². The van der Waals surface area contributed by atoms with Crippen molar-refractivity contribution in [1.82, 2.24) is 19.8 Å². The lowest BCUT2D eigenvalue weighted by Gasteiger charge is -2.38. The van der Waals surface area contributed by atoms with Crippen molar-refractivity contribution in [3.05, 3.63) is 40.7 Å². The number of aryl methyl sites for hydroxylation is 1. The highest BCUT2D eigenvalue weighted by molar-refractivity contribution is 8.00. The second kappa shape index (κ2) is 7.72. The van der Waals surface area contributed by atoms with Crippen molar-refractivity contribution >= 4 is 29.3 Å². The van der Waals surface area contributed by atoms with E-state index in [1.54, 1.807) is 0 Å². The monoisotopic (exact) mass is 405 g/mol. The molecule has 6 nitrogen and oxygen atoms in total. The van der Waals surface area contributed by atoms with Crippen molar-refractivity contribution in [2.24, 2.45) is 0 Å². The number of nitrogens with zero attached hydrogens (tertiary/aromatic N) is 4. The Morgan fingerprint density at radius 3 is 2.63 bits per heavy atom. The molecular formula is C19H24ClN5OS. The van der Waals surface area contributed by atoms with Crippen LogP contribution in [-0.2, 0) is 4.79 Å². The number of fused-ring (bicyclic) bond motifs is 1. The van der Waals surface area contributed by atoms with Crippen LogP contribution in [0, 0.1) is 6.92 Å². The van der Waals surface area contributed by atoms with Crippen LogP contribution in [0.2, 0.25) is 5.02 Å². The van der Waals surface area contributed by atoms with Crippen LogP contribution in [0.15, 0.2) is 29.4 Å². The Balaban J connectivity index is 1.64. The predicted octanol–water partition coefficient (Wildman–Crippen LogP) is 3.79. The molecule has 0 saturated heterocycles. The number of halogens is 1. The van der Waals surface area contributed by atoms with Crippen molar-refractivity contribution < 1.29 is 4.79 Å². The Labute approximate surface area is 168 Å². The van der Waals surface area contributed by atoms with E-state index in [4.69, 9.17) is 11.6 Å². The minimum absolute atomic E-state index is 0.145. The maximum absolute atomic E-state index is 13.4. The van der Waals surface area contributed by atoms with Crippen LogP contribution in [0.1, 0.15) is 49.5 Å². The van der Waals surface area contributed by atoms with E-state index in [1.165, 1.54) is 31.0 Å². The average molecular weight is 406 g/mol. The Morgan fingerprint density at radius 1 is 1.22 bits per heavy atom. The number of carbonyl (C=O) groups is 1. The van der Waals surface area contributed by atoms with E-state index in [0.29, 0.717) is 11.1 Å². The molecule has 1 N–H and O–H groups in total. The number of hydrogen-bond donors (Lipinski definition) is 1. The summed E-state index contributed by atoms with van der Waals surface area (Å²) >= 11 is 7.55. The minimum Gasteiger partial charge on any atom is -0.342 e. The van der Waals surface area contributed by atoms with Gasteiger partial charge in [0.1, 0.15) is 11.1 Å². The van der Waals surface area contributed by atoms with Crippen LogP contribution in [0.4, 0.5) is 0 Å². The zero-order valence-electron chi connectivity index (χ0n) is 15.6. The number of rotatable bonds is 3. The van der Waals surface area contributed by atoms with Crippen molar-refractivity contribution in [1.29, 1.82) is 0 Å². The predicted molar refractivity (Wildman–Crippen MR) is 108 cm³/mol. The molecule has 0 bridgehead atoms. The van der Waals surface area contributed by atoms with E-state index >= 15 is 0 Å². The van der Waals surface area contributed by atoms with Gasteiger partial charge in [-0.05, 0) is 37.5 Å². The summed E-state index contributed by atoms with van der Waals surface area (Å²) in [6.07, 6.45) is 5.86. The summed E-state index contributed by atoms with van der Waals surface area (Å²) in [5.74, 6) is 0.925. The van der Waals surface area contributed by atoms with Gasteiger partial charge in [0.15, 0.2) is 0 Å². The van der Waals surface area contributed by atoms with Gasteiger partial charge in [-0.15, -0.1) is 10.2 Å². The smallest absolute Gasteiger partial charge is 0.238 e. The van der Waals surface area contributed by atoms with E-state index in [2.05, 4.69) is 15.6 Å². The first-order valence-electron chi connectivity index (χ1n) is 9.42. The molecule has 1 aromatic heterocycles. The lowest BCUT2D eigenvalue weighted by molar-refractivity contribution is -0.132. The molecule has 1 saturated carbocycles. The molecule has 2 heterocycles. The highest BCUT2D eigenvalue weighted by Crippen LogP contribution is 2.38. The van der Waals surface area contributed by atoms with Gasteiger partial charge in [0.25, 0.3) is 0 Å². The average Bonchev–Trinajstić information content (AvgIpc) is 3.07. The van der Waals surface area contributed by atoms with Gasteiger partial charge in [0, 0.05) is 18.1 Å². The van der Waals surface area contributed by atoms with Gasteiger partial charge in [-0.2, -0.15) is 0 Å². The van der Waals surface area contributed by atoms with Gasteiger partial charge >= 0.3 is 0 Å². The molecule has 4 rings (SSSR count). The van der Waals surface area contributed by atoms with Gasteiger partial charge in [0.2, 0.25) is 11.1 Å². The first kappa shape index (κ1) is 18.6. The van der Waals surface area contributed by atoms with E-state index in [0.717, 1.165) is 29.4 Å². The van der Waals surface area contributed by atoms with Crippen molar-refractivity contribution in [3.8, 4) is 0 Å². The van der Waals surface area contributed by atoms with Gasteiger partial charge in [-0.1, -0.05) is 54.8 Å². The summed E-state index contributed by atoms with van der Waals surface area (Å²) < 4.78 is 1.87. The standard InChI is InChI=1S/C19H24ClN5OS/c1-12-21-22-19-25(12)23-16(13-8-10-14(20)11-9-13)17(27-19)18(26)24(2)15-6-4-3-5-7-15/h8-11,15-17,23H,3-7H2,1-2H3/t16-,17-/m1/s1. The highest BCUT2D eigenvalue weighted by atomic mass is 35.5. The maximum Gasteiger partial charge on any atom is 0.238 e. The van der Waals surface area contributed by atoms with E-state index in [9.17, 15) is 4.79 Å². The fraction of sp³-hybridized carbons (Fsp3) is 0.526. The Bertz CT molecular complexity index is 818. The SMILES string of the molecule is Cc1nnc2n1N[C@H](c1ccc(Cl)cc1)[C@H](C(=O)N(C)C1CCCCC1)S2. The Morgan fingerprint density at radius 2 is 1.93 bits per heavy atom. The molecule has 2 aliphatic rings. The van der Waals surface area contributed by atoms with Crippen LogP contribution >= 0.6 is 23.4 Å². The largest absolute Gasteiger partial charge is 0.342 e. The van der Waals surface area contributed by atoms with E-state index < -0.39 is 0 Å². The third-order valence-electron chi connectivity index (χ3n) is 5.54. The van der Waals surface area contributed by atoms with Crippen molar-refractivity contribution in [3.63, 3.8) is 0 Å². The highest BCUT2D eigenvalue weighted by Gasteiger charge is 2.40. The molecule has 1 aromatic carbocycles. The molecule has 1 amide bonds. The third-order valence-corrected chi connectivity index (χ3v) is 7.00. The number of amides is 1. The third kappa shape index (κ3) is 3.67. The summed E-state index contributed by atoms with van der Waals surface area (Å²) in [4.78, 5) is 15.4. The molecule has 1 aliphatic carbocycles. The molecule has 0 radical (unpaired) electrons. The Kier molecular flexibility index (Phi) is 5.32. The second-order valence-electron chi connectivity index (χ2n) is 7.30. The van der Waals surface area contributed by atoms with Crippen molar-refractivity contribution in [2.45, 2.75) is 61.5 Å². The first-order chi connectivity index (χ1) is 13.0. The summed E-state index contributed by atoms with van der Waals surface area (Å²) in [6, 6.07) is 7.85. The zero-order valence-corrected chi connectivity index (χ0v) is 17.1. The number of nitrogens with one attached hydrogen (secondary N) is 1. The van der Waals surface area contributed by atoms with Crippen LogP contribution in [-0.4, -0.2) is 44.0 Å². The van der Waals surface area contributed by atoms with Crippen LogP contribution in [0.25, 0.3) is 0 Å². The summed E-state index contributed by atoms with van der Waals surface area (Å²) in [5.41, 5.74) is 4.48. The molecule has 1 fully saturated rings. The number of aromatic nitrogens is 3. The number of hydrogen-bond acceptors (Lipinski definition) is 5. The molecule has 2 atom stereocenters. The fourth-order valence-corrected chi connectivity index (χ4v) is 5.27. The van der Waals surface area contributed by atoms with Gasteiger partial charge < -0.3 is 10.3 Å². The van der Waals surface area contributed by atoms with E-state index in [1.807, 2.05) is 47.8 Å². The number of benzene rings is 1. The summed E-state index contributed by atoms with van der Waals surface area (Å²) in [5, 5.41) is 9.50. The molecule has 144 valence electrons. The van der Waals surface area contributed by atoms with Gasteiger partial charge in [0.05, 0.1) is 6.04 Å². The molecule has 2 aromatic rings. The molecule has 27 heavy (non-hydrogen) atoms. The zero-order chi connectivity index (χ0) is 19.0. The molecule has 8 heteroatoms. The van der Waals surface area contributed by atoms with Crippen LogP contribution in [0.5, 0.6) is 0 Å². The molecule has 1 aliphatic heterocycles. The topological polar surface area (TPSA) is 63.1 Å². The first-order valence-corrected chi connectivity index (χ1v) is 10.7. The lowest BCUT2D eigenvalue weighted by atomic mass is 9.94. The van der Waals surface area contributed by atoms with Gasteiger partial charge in [-0.3, -0.25) is 4.79 Å². The van der Waals surface area contributed by atoms with Crippen LogP contribution < -0.4 is 5.43 Å².